The molecule has 0 bridgehead atoms. The fraction of sp³-hybridized carbons (Fsp3) is 0.385. The van der Waals surface area contributed by atoms with Crippen LogP contribution in [-0.4, -0.2) is 28.1 Å². The largest absolute Gasteiger partial charge is 0.497 e. The number of hydrogen-bond donors (Lipinski definition) is 2. The van der Waals surface area contributed by atoms with Crippen molar-refractivity contribution in [3.8, 4) is 5.75 Å². The number of nitrogens with two attached hydrogens (primary N) is 1. The molecule has 0 spiro atoms. The predicted molar refractivity (Wildman–Crippen MR) is 72.5 cm³/mol. The van der Waals surface area contributed by atoms with E-state index in [2.05, 4.69) is 15.7 Å². The molecule has 0 aliphatic heterocycles. The maximum atomic E-state index is 5.60. The number of nitrogens with one attached hydrogen (secondary N) is 1. The zero-order valence-corrected chi connectivity index (χ0v) is 11.2. The molecule has 0 radical (unpaired) electrons. The summed E-state index contributed by atoms with van der Waals surface area (Å²) >= 11 is 0. The third-order valence-electron chi connectivity index (χ3n) is 2.98. The van der Waals surface area contributed by atoms with E-state index in [9.17, 15) is 0 Å². The molecule has 1 heterocycles. The monoisotopic (exact) mass is 261 g/mol. The maximum absolute atomic E-state index is 5.60. The Morgan fingerprint density at radius 1 is 1.32 bits per heavy atom. The average Bonchev–Trinajstić information content (AvgIpc) is 2.84. The van der Waals surface area contributed by atoms with Gasteiger partial charge in [-0.2, -0.15) is 0 Å². The van der Waals surface area contributed by atoms with Gasteiger partial charge in [0, 0.05) is 25.7 Å². The highest BCUT2D eigenvalue weighted by Crippen LogP contribution is 2.13. The van der Waals surface area contributed by atoms with E-state index in [1.807, 2.05) is 37.5 Å². The van der Waals surface area contributed by atoms with Gasteiger partial charge in [0.15, 0.2) is 0 Å². The third-order valence-corrected chi connectivity index (χ3v) is 2.98. The smallest absolute Gasteiger partial charge is 0.118 e. The molecule has 2 aromatic rings. The summed E-state index contributed by atoms with van der Waals surface area (Å²) in [6.45, 7) is 0. The molecule has 19 heavy (non-hydrogen) atoms. The number of hydrazine groups is 1. The van der Waals surface area contributed by atoms with Crippen LogP contribution in [0.5, 0.6) is 5.75 Å². The summed E-state index contributed by atoms with van der Waals surface area (Å²) in [5, 5.41) is 7.99. The molecule has 6 nitrogen and oxygen atoms in total. The summed E-state index contributed by atoms with van der Waals surface area (Å²) < 4.78 is 6.83. The van der Waals surface area contributed by atoms with Crippen molar-refractivity contribution in [3.63, 3.8) is 0 Å². The molecule has 0 saturated carbocycles. The van der Waals surface area contributed by atoms with Gasteiger partial charge in [-0.3, -0.25) is 16.0 Å². The number of rotatable bonds is 6. The van der Waals surface area contributed by atoms with Crippen LogP contribution in [0.15, 0.2) is 30.5 Å². The summed E-state index contributed by atoms with van der Waals surface area (Å²) in [6.07, 6.45) is 3.48. The lowest BCUT2D eigenvalue weighted by Gasteiger charge is -2.14. The van der Waals surface area contributed by atoms with Gasteiger partial charge in [0.1, 0.15) is 5.75 Å². The van der Waals surface area contributed by atoms with E-state index in [-0.39, 0.29) is 6.04 Å². The minimum absolute atomic E-state index is 0.130. The molecule has 1 aromatic carbocycles. The zero-order chi connectivity index (χ0) is 13.7. The number of aryl methyl sites for hydroxylation is 1. The normalized spacial score (nSPS) is 12.4. The first kappa shape index (κ1) is 13.5. The van der Waals surface area contributed by atoms with Crippen LogP contribution in [0.25, 0.3) is 0 Å². The van der Waals surface area contributed by atoms with Gasteiger partial charge in [-0.25, -0.2) is 0 Å². The molecule has 1 aromatic heterocycles. The number of methoxy groups -OCH3 is 1. The van der Waals surface area contributed by atoms with Crippen LogP contribution >= 0.6 is 0 Å². The van der Waals surface area contributed by atoms with E-state index in [0.717, 1.165) is 24.3 Å². The van der Waals surface area contributed by atoms with Crippen LogP contribution in [0.4, 0.5) is 0 Å². The Morgan fingerprint density at radius 2 is 2.05 bits per heavy atom. The van der Waals surface area contributed by atoms with E-state index >= 15 is 0 Å². The summed E-state index contributed by atoms with van der Waals surface area (Å²) in [5.41, 5.74) is 4.96. The molecule has 1 unspecified atom stereocenters. The fourth-order valence-electron chi connectivity index (χ4n) is 1.98. The number of ether oxygens (including phenoxy) is 1. The van der Waals surface area contributed by atoms with Crippen LogP contribution in [0.3, 0.4) is 0 Å². The van der Waals surface area contributed by atoms with Crippen LogP contribution < -0.4 is 16.0 Å². The number of benzene rings is 1. The molecule has 6 heteroatoms. The van der Waals surface area contributed by atoms with Crippen LogP contribution in [0.2, 0.25) is 0 Å². The van der Waals surface area contributed by atoms with Crippen molar-refractivity contribution in [1.29, 1.82) is 0 Å². The minimum atomic E-state index is 0.130. The Labute approximate surface area is 112 Å². The van der Waals surface area contributed by atoms with Crippen molar-refractivity contribution in [2.45, 2.75) is 18.9 Å². The molecule has 2 rings (SSSR count). The lowest BCUT2D eigenvalue weighted by Crippen LogP contribution is -2.38. The van der Waals surface area contributed by atoms with Gasteiger partial charge in [-0.1, -0.05) is 17.3 Å². The van der Waals surface area contributed by atoms with E-state index in [4.69, 9.17) is 10.6 Å². The fourth-order valence-corrected chi connectivity index (χ4v) is 1.98. The van der Waals surface area contributed by atoms with Crippen LogP contribution in [-0.2, 0) is 19.9 Å². The Kier molecular flexibility index (Phi) is 4.48. The Bertz CT molecular complexity index is 508. The van der Waals surface area contributed by atoms with Crippen molar-refractivity contribution in [3.05, 3.63) is 41.7 Å². The van der Waals surface area contributed by atoms with Gasteiger partial charge in [0.25, 0.3) is 0 Å². The topological polar surface area (TPSA) is 78.0 Å². The van der Waals surface area contributed by atoms with Crippen molar-refractivity contribution < 1.29 is 4.74 Å². The molecule has 1 atom stereocenters. The number of nitrogens with zero attached hydrogens (tertiary/aromatic N) is 3. The molecule has 0 fully saturated rings. The van der Waals surface area contributed by atoms with E-state index in [0.29, 0.717) is 0 Å². The first-order chi connectivity index (χ1) is 9.21. The van der Waals surface area contributed by atoms with Crippen molar-refractivity contribution >= 4 is 0 Å². The van der Waals surface area contributed by atoms with Gasteiger partial charge in [-0.15, -0.1) is 5.10 Å². The summed E-state index contributed by atoms with van der Waals surface area (Å²) in [4.78, 5) is 0. The highest BCUT2D eigenvalue weighted by molar-refractivity contribution is 5.27. The molecule has 0 aliphatic rings. The second-order valence-corrected chi connectivity index (χ2v) is 4.50. The zero-order valence-electron chi connectivity index (χ0n) is 11.2. The summed E-state index contributed by atoms with van der Waals surface area (Å²) in [7, 11) is 3.51. The maximum Gasteiger partial charge on any atom is 0.118 e. The molecule has 0 saturated heterocycles. The van der Waals surface area contributed by atoms with Crippen LogP contribution in [0.1, 0.15) is 11.3 Å². The van der Waals surface area contributed by atoms with Crippen LogP contribution in [0, 0.1) is 0 Å². The summed E-state index contributed by atoms with van der Waals surface area (Å²) in [5.74, 6) is 6.46. The van der Waals surface area contributed by atoms with E-state index in [1.54, 1.807) is 11.8 Å². The molecule has 102 valence electrons. The minimum Gasteiger partial charge on any atom is -0.497 e. The second-order valence-electron chi connectivity index (χ2n) is 4.50. The van der Waals surface area contributed by atoms with E-state index < -0.39 is 0 Å². The van der Waals surface area contributed by atoms with E-state index in [1.165, 1.54) is 5.56 Å². The SMILES string of the molecule is COc1ccc(CC(Cc2cn(C)nn2)NN)cc1. The highest BCUT2D eigenvalue weighted by atomic mass is 16.5. The second kappa shape index (κ2) is 6.31. The number of aromatic nitrogens is 3. The van der Waals surface area contributed by atoms with Gasteiger partial charge in [0.05, 0.1) is 12.8 Å². The molecule has 3 N–H and O–H groups in total. The van der Waals surface area contributed by atoms with Gasteiger partial charge in [-0.05, 0) is 24.1 Å². The molecular formula is C13H19N5O. The van der Waals surface area contributed by atoms with Gasteiger partial charge < -0.3 is 4.74 Å². The quantitative estimate of drug-likeness (QED) is 0.583. The first-order valence-corrected chi connectivity index (χ1v) is 6.15. The van der Waals surface area contributed by atoms with Crippen molar-refractivity contribution in [1.82, 2.24) is 20.4 Å². The van der Waals surface area contributed by atoms with Gasteiger partial charge in [0.2, 0.25) is 0 Å². The Morgan fingerprint density at radius 3 is 2.58 bits per heavy atom. The molecule has 0 aliphatic carbocycles. The highest BCUT2D eigenvalue weighted by Gasteiger charge is 2.11. The van der Waals surface area contributed by atoms with Gasteiger partial charge >= 0.3 is 0 Å². The lowest BCUT2D eigenvalue weighted by molar-refractivity contribution is 0.414. The van der Waals surface area contributed by atoms with Crippen molar-refractivity contribution in [2.75, 3.05) is 7.11 Å². The Balaban J connectivity index is 1.97. The predicted octanol–water partition coefficient (Wildman–Crippen LogP) is 0.441. The average molecular weight is 261 g/mol. The van der Waals surface area contributed by atoms with Crippen molar-refractivity contribution in [2.24, 2.45) is 12.9 Å². The first-order valence-electron chi connectivity index (χ1n) is 6.15. The molecule has 0 amide bonds. The number of hydrogen-bond acceptors (Lipinski definition) is 5. The lowest BCUT2D eigenvalue weighted by atomic mass is 10.0. The third kappa shape index (κ3) is 3.77. The Hall–Kier alpha value is -1.92. The molecular weight excluding hydrogens is 242 g/mol. The summed E-state index contributed by atoms with van der Waals surface area (Å²) in [6, 6.07) is 8.11. The standard InChI is InChI=1S/C13H19N5O/c1-18-9-12(16-17-18)8-11(15-14)7-10-3-5-13(19-2)6-4-10/h3-6,9,11,15H,7-8,14H2,1-2H3.